The predicted molar refractivity (Wildman–Crippen MR) is 151 cm³/mol. The molecule has 7 nitrogen and oxygen atoms in total. The molecule has 1 atom stereocenters. The van der Waals surface area contributed by atoms with Gasteiger partial charge in [-0.1, -0.05) is 96.3 Å². The zero-order valence-corrected chi connectivity index (χ0v) is 25.2. The van der Waals surface area contributed by atoms with Crippen LogP contribution in [0.25, 0.3) is 11.1 Å². The summed E-state index contributed by atoms with van der Waals surface area (Å²) in [4.78, 5) is 24.7. The van der Waals surface area contributed by atoms with Gasteiger partial charge in [0, 0.05) is 12.5 Å². The first-order chi connectivity index (χ1) is 16.9. The average molecular weight is 691 g/mol. The lowest BCUT2D eigenvalue weighted by molar-refractivity contribution is -0.142. The summed E-state index contributed by atoms with van der Waals surface area (Å²) in [6.45, 7) is 6.68. The van der Waals surface area contributed by atoms with Crippen LogP contribution in [0.5, 0.6) is 0 Å². The highest BCUT2D eigenvalue weighted by Crippen LogP contribution is 2.44. The summed E-state index contributed by atoms with van der Waals surface area (Å²) in [5, 5.41) is 5.88. The molecule has 3 rings (SSSR count). The maximum absolute atomic E-state index is 12.7. The second-order valence-electron chi connectivity index (χ2n) is 9.50. The Hall–Kier alpha value is -1.46. The molecule has 0 saturated heterocycles. The highest BCUT2D eigenvalue weighted by Gasteiger charge is 2.29. The quantitative estimate of drug-likeness (QED) is 0.247. The number of ether oxygens (including phenoxy) is 3. The highest BCUT2D eigenvalue weighted by atomic mass is 80.0. The molecular formula is C26H31Br3N2O5. The first-order valence-electron chi connectivity index (χ1n) is 11.6. The average Bonchev–Trinajstić information content (AvgIpc) is 3.12. The van der Waals surface area contributed by atoms with Gasteiger partial charge in [-0.3, -0.25) is 4.79 Å². The minimum atomic E-state index is -0.655. The molecule has 0 aliphatic heterocycles. The second-order valence-corrected chi connectivity index (χ2v) is 16.8. The van der Waals surface area contributed by atoms with Gasteiger partial charge < -0.3 is 24.8 Å². The van der Waals surface area contributed by atoms with Crippen LogP contribution in [0.2, 0.25) is 0 Å². The van der Waals surface area contributed by atoms with Gasteiger partial charge in [0.1, 0.15) is 13.2 Å². The molecule has 0 saturated carbocycles. The summed E-state index contributed by atoms with van der Waals surface area (Å²) in [5.41, 5.74) is 4.26. The van der Waals surface area contributed by atoms with Gasteiger partial charge >= 0.3 is 12.1 Å². The lowest BCUT2D eigenvalue weighted by Crippen LogP contribution is -2.47. The SMILES string of the molecule is CC(C)(C)OC[C@H](CNCC(=O)OCC(Br)(Br)Br)NC(=O)OCC1c2ccccc2-c2ccccc21. The van der Waals surface area contributed by atoms with Crippen LogP contribution in [0.3, 0.4) is 0 Å². The molecule has 1 amide bonds. The molecule has 0 radical (unpaired) electrons. The Labute approximate surface area is 237 Å². The van der Waals surface area contributed by atoms with Crippen LogP contribution < -0.4 is 10.6 Å². The molecule has 0 unspecified atom stereocenters. The van der Waals surface area contributed by atoms with Crippen LogP contribution in [0.15, 0.2) is 48.5 Å². The molecule has 2 aromatic rings. The molecule has 0 fully saturated rings. The standard InChI is InChI=1S/C26H31Br3N2O5/c1-25(2,3)36-14-17(12-30-13-23(32)35-16-26(27,28)29)31-24(33)34-15-22-20-10-6-4-8-18(20)19-9-5-7-11-21(19)22/h4-11,17,22,30H,12-16H2,1-3H3,(H,31,33)/t17-/m0/s1. The van der Waals surface area contributed by atoms with Gasteiger partial charge in [-0.2, -0.15) is 0 Å². The van der Waals surface area contributed by atoms with Gasteiger partial charge in [0.25, 0.3) is 0 Å². The second kappa shape index (κ2) is 12.9. The summed E-state index contributed by atoms with van der Waals surface area (Å²) in [7, 11) is 0. The van der Waals surface area contributed by atoms with Crippen molar-refractivity contribution in [2.75, 3.05) is 32.9 Å². The molecule has 0 heterocycles. The summed E-state index contributed by atoms with van der Waals surface area (Å²) in [5.74, 6) is -0.444. The number of benzene rings is 2. The van der Waals surface area contributed by atoms with E-state index in [0.29, 0.717) is 6.54 Å². The lowest BCUT2D eigenvalue weighted by atomic mass is 9.98. The van der Waals surface area contributed by atoms with E-state index in [1.807, 2.05) is 45.0 Å². The third kappa shape index (κ3) is 9.13. The van der Waals surface area contributed by atoms with Crippen LogP contribution >= 0.6 is 47.8 Å². The summed E-state index contributed by atoms with van der Waals surface area (Å²) in [6, 6.07) is 16.0. The topological polar surface area (TPSA) is 85.9 Å². The van der Waals surface area contributed by atoms with Crippen LogP contribution in [0, 0.1) is 0 Å². The van der Waals surface area contributed by atoms with Gasteiger partial charge in [-0.25, -0.2) is 4.79 Å². The number of amides is 1. The number of halogens is 3. The third-order valence-electron chi connectivity index (χ3n) is 5.44. The van der Waals surface area contributed by atoms with Gasteiger partial charge in [-0.15, -0.1) is 0 Å². The van der Waals surface area contributed by atoms with Gasteiger partial charge in [0.2, 0.25) is 0 Å². The van der Waals surface area contributed by atoms with Crippen LogP contribution in [-0.4, -0.2) is 58.8 Å². The lowest BCUT2D eigenvalue weighted by Gasteiger charge is -2.25. The number of alkyl halides is 3. The van der Waals surface area contributed by atoms with Gasteiger partial charge in [0.05, 0.1) is 24.8 Å². The van der Waals surface area contributed by atoms with E-state index >= 15 is 0 Å². The first kappa shape index (κ1) is 29.1. The molecule has 1 aliphatic rings. The molecule has 0 bridgehead atoms. The zero-order valence-electron chi connectivity index (χ0n) is 20.5. The number of carbonyl (C=O) groups excluding carboxylic acids is 2. The van der Waals surface area contributed by atoms with Gasteiger partial charge in [0.15, 0.2) is 2.14 Å². The van der Waals surface area contributed by atoms with E-state index in [1.165, 1.54) is 11.1 Å². The maximum atomic E-state index is 12.7. The molecule has 196 valence electrons. The van der Waals surface area contributed by atoms with E-state index in [2.05, 4.69) is 82.7 Å². The van der Waals surface area contributed by atoms with Crippen molar-refractivity contribution in [2.24, 2.45) is 0 Å². The molecule has 2 aromatic carbocycles. The fraction of sp³-hybridized carbons (Fsp3) is 0.462. The van der Waals surface area contributed by atoms with E-state index in [0.717, 1.165) is 11.1 Å². The van der Waals surface area contributed by atoms with Crippen LogP contribution in [-0.2, 0) is 19.0 Å². The number of alkyl carbamates (subject to hydrolysis) is 1. The number of esters is 1. The number of nitrogens with one attached hydrogen (secondary N) is 2. The Morgan fingerprint density at radius 2 is 1.53 bits per heavy atom. The number of hydrogen-bond donors (Lipinski definition) is 2. The molecule has 0 aromatic heterocycles. The monoisotopic (exact) mass is 688 g/mol. The fourth-order valence-electron chi connectivity index (χ4n) is 3.87. The molecule has 10 heteroatoms. The molecule has 0 spiro atoms. The third-order valence-corrected chi connectivity index (χ3v) is 6.13. The van der Waals surface area contributed by atoms with Crippen molar-refractivity contribution in [2.45, 2.75) is 40.5 Å². The van der Waals surface area contributed by atoms with Crippen molar-refractivity contribution in [3.05, 3.63) is 59.7 Å². The Bertz CT molecular complexity index is 1010. The van der Waals surface area contributed by atoms with Gasteiger partial charge in [-0.05, 0) is 43.0 Å². The van der Waals surface area contributed by atoms with E-state index < -0.39 is 20.2 Å². The fourth-order valence-corrected chi connectivity index (χ4v) is 4.21. The van der Waals surface area contributed by atoms with Crippen molar-refractivity contribution in [3.63, 3.8) is 0 Å². The van der Waals surface area contributed by atoms with E-state index in [-0.39, 0.29) is 37.9 Å². The summed E-state index contributed by atoms with van der Waals surface area (Å²) >= 11 is 9.84. The normalized spacial score (nSPS) is 14.1. The molecule has 36 heavy (non-hydrogen) atoms. The van der Waals surface area contributed by atoms with Crippen LogP contribution in [0.1, 0.15) is 37.8 Å². The minimum Gasteiger partial charge on any atom is -0.461 e. The number of carbonyl (C=O) groups is 2. The van der Waals surface area contributed by atoms with Crippen molar-refractivity contribution < 1.29 is 23.8 Å². The first-order valence-corrected chi connectivity index (χ1v) is 14.0. The van der Waals surface area contributed by atoms with E-state index in [9.17, 15) is 9.59 Å². The molecule has 2 N–H and O–H groups in total. The molecular weight excluding hydrogens is 660 g/mol. The Morgan fingerprint density at radius 1 is 0.944 bits per heavy atom. The molecule has 1 aliphatic carbocycles. The van der Waals surface area contributed by atoms with Crippen molar-refractivity contribution in [3.8, 4) is 11.1 Å². The Balaban J connectivity index is 1.55. The Kier molecular flexibility index (Phi) is 10.4. The maximum Gasteiger partial charge on any atom is 0.407 e. The number of fused-ring (bicyclic) bond motifs is 3. The minimum absolute atomic E-state index is 0.0124. The largest absolute Gasteiger partial charge is 0.461 e. The number of rotatable bonds is 10. The van der Waals surface area contributed by atoms with E-state index in [4.69, 9.17) is 14.2 Å². The van der Waals surface area contributed by atoms with Crippen LogP contribution in [0.4, 0.5) is 4.79 Å². The van der Waals surface area contributed by atoms with Crippen molar-refractivity contribution in [1.29, 1.82) is 0 Å². The highest BCUT2D eigenvalue weighted by molar-refractivity contribution is 9.39. The predicted octanol–water partition coefficient (Wildman–Crippen LogP) is 5.68. The summed E-state index contributed by atoms with van der Waals surface area (Å²) in [6.07, 6.45) is -0.536. The van der Waals surface area contributed by atoms with Crippen molar-refractivity contribution in [1.82, 2.24) is 10.6 Å². The summed E-state index contributed by atoms with van der Waals surface area (Å²) < 4.78 is 16.0. The Morgan fingerprint density at radius 3 is 2.08 bits per heavy atom. The number of hydrogen-bond acceptors (Lipinski definition) is 6. The van der Waals surface area contributed by atoms with Crippen molar-refractivity contribution >= 4 is 59.9 Å². The smallest absolute Gasteiger partial charge is 0.407 e. The van der Waals surface area contributed by atoms with E-state index in [1.54, 1.807) is 0 Å². The zero-order chi connectivity index (χ0) is 26.3.